The first kappa shape index (κ1) is 26.6. The van der Waals surface area contributed by atoms with Crippen molar-refractivity contribution < 1.29 is 45.4 Å². The molecule has 13 heteroatoms. The predicted molar refractivity (Wildman–Crippen MR) is 119 cm³/mol. The van der Waals surface area contributed by atoms with Crippen molar-refractivity contribution in [3.8, 4) is 16.9 Å². The zero-order chi connectivity index (χ0) is 27.2. The second-order valence-electron chi connectivity index (χ2n) is 8.06. The molecule has 3 aromatic rings. The van der Waals surface area contributed by atoms with Crippen LogP contribution >= 0.6 is 11.8 Å². The molecule has 0 amide bonds. The molecule has 1 unspecified atom stereocenters. The molecular weight excluding hydrogens is 531 g/mol. The van der Waals surface area contributed by atoms with Gasteiger partial charge in [-0.25, -0.2) is 13.6 Å². The number of carboxylic acid groups (broad SMARTS) is 1. The summed E-state index contributed by atoms with van der Waals surface area (Å²) in [5.41, 5.74) is -4.09. The molecule has 0 radical (unpaired) electrons. The van der Waals surface area contributed by atoms with Crippen LogP contribution in [-0.4, -0.2) is 28.0 Å². The van der Waals surface area contributed by atoms with E-state index in [2.05, 4.69) is 4.74 Å². The first-order chi connectivity index (χ1) is 17.3. The molecule has 4 rings (SSSR count). The lowest BCUT2D eigenvalue weighted by atomic mass is 9.92. The molecule has 0 bridgehead atoms. The number of nitrogens with zero attached hydrogens (tertiary/aromatic N) is 1. The van der Waals surface area contributed by atoms with Crippen LogP contribution in [0.5, 0.6) is 5.75 Å². The van der Waals surface area contributed by atoms with Gasteiger partial charge in [-0.15, -0.1) is 11.8 Å². The minimum Gasteiger partial charge on any atom is -0.480 e. The number of ether oxygens (including phenoxy) is 1. The summed E-state index contributed by atoms with van der Waals surface area (Å²) in [4.78, 5) is 25.3. The van der Waals surface area contributed by atoms with E-state index in [1.165, 1.54) is 6.92 Å². The summed E-state index contributed by atoms with van der Waals surface area (Å²) in [6, 6.07) is 4.02. The Labute approximate surface area is 208 Å². The van der Waals surface area contributed by atoms with E-state index in [9.17, 15) is 41.0 Å². The molecule has 2 heterocycles. The molecule has 37 heavy (non-hydrogen) atoms. The van der Waals surface area contributed by atoms with E-state index in [1.54, 1.807) is 0 Å². The third kappa shape index (κ3) is 4.79. The Kier molecular flexibility index (Phi) is 7.01. The van der Waals surface area contributed by atoms with Crippen molar-refractivity contribution >= 4 is 17.7 Å². The molecule has 1 aromatic heterocycles. The highest BCUT2D eigenvalue weighted by Crippen LogP contribution is 2.42. The second kappa shape index (κ2) is 9.77. The number of aromatic nitrogens is 1. The Balaban J connectivity index is 2.03. The van der Waals surface area contributed by atoms with Crippen LogP contribution in [0.4, 0.5) is 30.7 Å². The number of pyridine rings is 1. The summed E-state index contributed by atoms with van der Waals surface area (Å²) in [5, 5.41) is 9.63. The van der Waals surface area contributed by atoms with Gasteiger partial charge in [0.05, 0.1) is 16.2 Å². The number of halogens is 7. The lowest BCUT2D eigenvalue weighted by Crippen LogP contribution is -2.31. The van der Waals surface area contributed by atoms with Gasteiger partial charge in [-0.3, -0.25) is 9.36 Å². The molecule has 1 atom stereocenters. The number of rotatable bonds is 6. The summed E-state index contributed by atoms with van der Waals surface area (Å²) >= 11 is 0.878. The Hall–Kier alpha value is -3.48. The third-order valence-electron chi connectivity index (χ3n) is 5.94. The molecule has 0 saturated heterocycles. The average molecular weight is 547 g/mol. The molecule has 0 fully saturated rings. The lowest BCUT2D eigenvalue weighted by molar-refractivity contribution is -0.140. The van der Waals surface area contributed by atoms with E-state index in [4.69, 9.17) is 0 Å². The van der Waals surface area contributed by atoms with Crippen molar-refractivity contribution in [1.29, 1.82) is 0 Å². The van der Waals surface area contributed by atoms with Gasteiger partial charge in [-0.1, -0.05) is 18.2 Å². The first-order valence-corrected chi connectivity index (χ1v) is 11.5. The molecule has 2 aromatic carbocycles. The zero-order valence-electron chi connectivity index (χ0n) is 18.7. The molecule has 1 aliphatic rings. The van der Waals surface area contributed by atoms with Crippen LogP contribution in [0.1, 0.15) is 28.3 Å². The van der Waals surface area contributed by atoms with Gasteiger partial charge in [-0.2, -0.15) is 22.0 Å². The average Bonchev–Trinajstić information content (AvgIpc) is 3.24. The fourth-order valence-corrected chi connectivity index (χ4v) is 5.64. The molecule has 196 valence electrons. The van der Waals surface area contributed by atoms with Crippen LogP contribution in [0, 0.1) is 18.6 Å². The second-order valence-corrected chi connectivity index (χ2v) is 9.07. The maximum Gasteiger partial charge on any atom is 0.416 e. The van der Waals surface area contributed by atoms with Crippen LogP contribution < -0.4 is 10.3 Å². The summed E-state index contributed by atoms with van der Waals surface area (Å²) in [6.07, 6.45) is -5.63. The number of hydrogen-bond donors (Lipinski definition) is 1. The van der Waals surface area contributed by atoms with E-state index in [1.807, 2.05) is 0 Å². The first-order valence-electron chi connectivity index (χ1n) is 10.5. The van der Waals surface area contributed by atoms with Gasteiger partial charge >= 0.3 is 18.8 Å². The van der Waals surface area contributed by atoms with Crippen LogP contribution in [0.2, 0.25) is 0 Å². The monoisotopic (exact) mass is 547 g/mol. The van der Waals surface area contributed by atoms with Gasteiger partial charge in [0.2, 0.25) is 0 Å². The van der Waals surface area contributed by atoms with E-state index >= 15 is 4.39 Å². The normalized spacial score (nSPS) is 15.2. The van der Waals surface area contributed by atoms with Gasteiger partial charge in [0.1, 0.15) is 11.9 Å². The van der Waals surface area contributed by atoms with Gasteiger partial charge in [0.15, 0.2) is 11.6 Å². The molecule has 1 aliphatic heterocycles. The number of aliphatic carboxylic acids is 1. The van der Waals surface area contributed by atoms with Gasteiger partial charge in [-0.05, 0) is 36.2 Å². The molecule has 0 aliphatic carbocycles. The van der Waals surface area contributed by atoms with Crippen molar-refractivity contribution in [2.24, 2.45) is 0 Å². The lowest BCUT2D eigenvalue weighted by Gasteiger charge is -2.21. The number of carboxylic acids is 1. The number of fused-ring (bicyclic) bond motifs is 1. The van der Waals surface area contributed by atoms with Crippen molar-refractivity contribution in [3.05, 3.63) is 80.6 Å². The summed E-state index contributed by atoms with van der Waals surface area (Å²) in [6.45, 7) is -2.10. The minimum atomic E-state index is -4.92. The predicted octanol–water partition coefficient (Wildman–Crippen LogP) is 6.04. The largest absolute Gasteiger partial charge is 0.480 e. The van der Waals surface area contributed by atoms with Crippen LogP contribution in [0.25, 0.3) is 11.1 Å². The number of carbonyl (C=O) groups is 1. The quantitative estimate of drug-likeness (QED) is 0.381. The SMILES string of the molecule is Cc1c(Cc2c(F)cccc2C(F)(F)F)c2n(c(=O)c1-c1cccc(OC(F)F)c1F)C(C(=O)O)CS2. The number of hydrogen-bond acceptors (Lipinski definition) is 4. The number of alkyl halides is 5. The van der Waals surface area contributed by atoms with Gasteiger partial charge in [0.25, 0.3) is 5.56 Å². The Morgan fingerprint density at radius 3 is 2.46 bits per heavy atom. The molecule has 1 N–H and O–H groups in total. The Morgan fingerprint density at radius 2 is 1.84 bits per heavy atom. The molecule has 0 spiro atoms. The number of benzene rings is 2. The minimum absolute atomic E-state index is 0.00424. The fourth-order valence-electron chi connectivity index (χ4n) is 4.28. The van der Waals surface area contributed by atoms with Gasteiger partial charge in [0, 0.05) is 23.3 Å². The van der Waals surface area contributed by atoms with E-state index in [0.29, 0.717) is 6.07 Å². The van der Waals surface area contributed by atoms with Crippen molar-refractivity contribution in [1.82, 2.24) is 4.57 Å². The molecule has 5 nitrogen and oxygen atoms in total. The highest BCUT2D eigenvalue weighted by atomic mass is 32.2. The summed E-state index contributed by atoms with van der Waals surface area (Å²) < 4.78 is 101. The maximum absolute atomic E-state index is 15.2. The van der Waals surface area contributed by atoms with Gasteiger partial charge < -0.3 is 9.84 Å². The zero-order valence-corrected chi connectivity index (χ0v) is 19.5. The van der Waals surface area contributed by atoms with E-state index < -0.39 is 76.4 Å². The van der Waals surface area contributed by atoms with Crippen molar-refractivity contribution in [3.63, 3.8) is 0 Å². The van der Waals surface area contributed by atoms with Crippen molar-refractivity contribution in [2.75, 3.05) is 5.75 Å². The smallest absolute Gasteiger partial charge is 0.416 e. The topological polar surface area (TPSA) is 68.5 Å². The molecule has 0 saturated carbocycles. The Bertz CT molecular complexity index is 1450. The summed E-state index contributed by atoms with van der Waals surface area (Å²) in [5.74, 6) is -5.02. The Morgan fingerprint density at radius 1 is 1.16 bits per heavy atom. The standard InChI is InChI=1S/C24H16F7NO4S/c1-10-12(8-13-14(24(29,30)31)5-3-6-15(13)25)21-32(16(9-37-21)22(34)35)20(33)18(10)11-4-2-7-17(19(11)26)36-23(27)28/h2-7,16,23H,8-9H2,1H3,(H,34,35). The fraction of sp³-hybridized carbons (Fsp3) is 0.250. The maximum atomic E-state index is 15.2. The van der Waals surface area contributed by atoms with E-state index in [0.717, 1.165) is 46.7 Å². The summed E-state index contributed by atoms with van der Waals surface area (Å²) in [7, 11) is 0. The van der Waals surface area contributed by atoms with Crippen LogP contribution in [0.15, 0.2) is 46.2 Å². The highest BCUT2D eigenvalue weighted by molar-refractivity contribution is 7.99. The third-order valence-corrected chi connectivity index (χ3v) is 7.14. The van der Waals surface area contributed by atoms with Crippen LogP contribution in [-0.2, 0) is 17.4 Å². The van der Waals surface area contributed by atoms with Crippen molar-refractivity contribution in [2.45, 2.75) is 37.2 Å². The van der Waals surface area contributed by atoms with E-state index in [-0.39, 0.29) is 21.9 Å². The number of thioether (sulfide) groups is 1. The highest BCUT2D eigenvalue weighted by Gasteiger charge is 2.38. The van der Waals surface area contributed by atoms with Crippen LogP contribution in [0.3, 0.4) is 0 Å². The molecular formula is C24H16F7NO4S.